The van der Waals surface area contributed by atoms with Crippen molar-refractivity contribution in [2.45, 2.75) is 7.43 Å². The van der Waals surface area contributed by atoms with E-state index >= 15 is 0 Å². The third-order valence-corrected chi connectivity index (χ3v) is 9.95. The number of rotatable bonds is 4. The van der Waals surface area contributed by atoms with E-state index < -0.39 is 11.8 Å². The normalized spacial score (nSPS) is 9.41. The molecule has 0 radical (unpaired) electrons. The van der Waals surface area contributed by atoms with Crippen LogP contribution >= 0.6 is 22.6 Å². The second kappa shape index (κ2) is 25.4. The topological polar surface area (TPSA) is 139 Å². The maximum atomic E-state index is 12.3. The zero-order valence-electron chi connectivity index (χ0n) is 35.5. The van der Waals surface area contributed by atoms with Gasteiger partial charge in [0.15, 0.2) is 0 Å². The van der Waals surface area contributed by atoms with Gasteiger partial charge in [-0.15, -0.1) is 6.42 Å². The molecule has 68 heavy (non-hydrogen) atoms. The summed E-state index contributed by atoms with van der Waals surface area (Å²) in [7, 11) is 0. The Labute approximate surface area is 410 Å². The lowest BCUT2D eigenvalue weighted by atomic mass is 10.1. The first kappa shape index (κ1) is 49.9. The maximum Gasteiger partial charge on any atom is 0.259 e. The van der Waals surface area contributed by atoms with Gasteiger partial charge >= 0.3 is 0 Å². The number of phenols is 4. The molecule has 0 heterocycles. The minimum atomic E-state index is -0.516. The molecule has 0 saturated carbocycles. The van der Waals surface area contributed by atoms with Gasteiger partial charge in [0, 0.05) is 53.9 Å². The van der Waals surface area contributed by atoms with E-state index in [1.54, 1.807) is 36.4 Å². The van der Waals surface area contributed by atoms with Crippen LogP contribution in [0.5, 0.6) is 23.0 Å². The van der Waals surface area contributed by atoms with Gasteiger partial charge < -0.3 is 31.1 Å². The summed E-state index contributed by atoms with van der Waals surface area (Å²) in [6.45, 7) is 0. The quantitative estimate of drug-likeness (QED) is 0.0590. The van der Waals surface area contributed by atoms with Crippen molar-refractivity contribution in [2.24, 2.45) is 0 Å². The van der Waals surface area contributed by atoms with Crippen LogP contribution < -0.4 is 10.6 Å². The Morgan fingerprint density at radius 2 is 0.691 bits per heavy atom. The molecule has 8 aromatic carbocycles. The Kier molecular flexibility index (Phi) is 18.6. The van der Waals surface area contributed by atoms with E-state index in [0.29, 0.717) is 11.4 Å². The number of hydrogen-bond donors (Lipinski definition) is 6. The highest BCUT2D eigenvalue weighted by Crippen LogP contribution is 2.25. The van der Waals surface area contributed by atoms with Crippen molar-refractivity contribution in [3.05, 3.63) is 248 Å². The van der Waals surface area contributed by atoms with Crippen LogP contribution in [-0.4, -0.2) is 32.2 Å². The summed E-state index contributed by atoms with van der Waals surface area (Å²) in [4.78, 5) is 24.2. The molecule has 0 aliphatic carbocycles. The number of nitrogens with one attached hydrogen (secondary N) is 2. The van der Waals surface area contributed by atoms with Crippen molar-refractivity contribution in [1.29, 1.82) is 0 Å². The summed E-state index contributed by atoms with van der Waals surface area (Å²) in [5.41, 5.74) is 7.64. The van der Waals surface area contributed by atoms with E-state index in [0.717, 1.165) is 42.5 Å². The molecule has 0 spiro atoms. The van der Waals surface area contributed by atoms with Crippen LogP contribution in [-0.2, 0) is 0 Å². The van der Waals surface area contributed by atoms with E-state index in [1.807, 2.05) is 121 Å². The standard InChI is InChI=1S/C29H19NO3.C16H10.C13H10INO3.CH4/c31-26-18-19-28(32)27(20-26)29(33)30-25-16-14-24(15-17-25)13-12-23-10-8-22(9-11-23)7-6-21-4-2-1-3-5-21;1-2-14-8-10-16(11-9-14)13-12-15-6-4-3-5-7-15;14-8-1-3-9(4-2-8)15-13(18)11-7-10(16)5-6-12(11)17;/h1-5,8-11,14-20,31-32H,(H,30,33);1,3-11H;1-7,16-17H,(H,15,18);1H4. The van der Waals surface area contributed by atoms with Crippen molar-refractivity contribution >= 4 is 45.8 Å². The van der Waals surface area contributed by atoms with E-state index in [-0.39, 0.29) is 41.6 Å². The van der Waals surface area contributed by atoms with Gasteiger partial charge in [-0.2, -0.15) is 0 Å². The maximum absolute atomic E-state index is 12.3. The van der Waals surface area contributed by atoms with Gasteiger partial charge in [-0.25, -0.2) is 0 Å². The number of aromatic hydroxyl groups is 4. The van der Waals surface area contributed by atoms with Crippen LogP contribution in [0.3, 0.4) is 0 Å². The molecule has 332 valence electrons. The Morgan fingerprint density at radius 3 is 1.03 bits per heavy atom. The van der Waals surface area contributed by atoms with Gasteiger partial charge in [0.2, 0.25) is 0 Å². The highest BCUT2D eigenvalue weighted by molar-refractivity contribution is 14.1. The Morgan fingerprint density at radius 1 is 0.397 bits per heavy atom. The minimum absolute atomic E-state index is 0. The number of carbonyl (C=O) groups excluding carboxylic acids is 2. The lowest BCUT2D eigenvalue weighted by molar-refractivity contribution is 0.101. The molecule has 8 nitrogen and oxygen atoms in total. The predicted octanol–water partition coefficient (Wildman–Crippen LogP) is 11.8. The molecule has 0 atom stereocenters. The number of terminal acetylenes is 1. The molecule has 6 N–H and O–H groups in total. The molecule has 2 amide bonds. The fraction of sp³-hybridized carbons (Fsp3) is 0.0169. The Hall–Kier alpha value is -9.13. The number of benzene rings is 8. The molecule has 0 fully saturated rings. The Balaban J connectivity index is 0.000000208. The summed E-state index contributed by atoms with van der Waals surface area (Å²) in [5, 5.41) is 43.5. The van der Waals surface area contributed by atoms with Crippen LogP contribution in [0.15, 0.2) is 194 Å². The van der Waals surface area contributed by atoms with E-state index in [1.165, 1.54) is 36.4 Å². The van der Waals surface area contributed by atoms with Crippen LogP contribution in [0.4, 0.5) is 11.4 Å². The average molecular weight is 1000 g/mol. The molecule has 0 aromatic heterocycles. The Bertz CT molecular complexity index is 3200. The second-order valence-electron chi connectivity index (χ2n) is 14.2. The number of anilines is 2. The van der Waals surface area contributed by atoms with E-state index in [2.05, 4.69) is 74.7 Å². The molecule has 0 unspecified atom stereocenters. The van der Waals surface area contributed by atoms with Crippen LogP contribution in [0.1, 0.15) is 67.1 Å². The van der Waals surface area contributed by atoms with Crippen molar-refractivity contribution in [3.8, 4) is 70.9 Å². The van der Waals surface area contributed by atoms with Crippen LogP contribution in [0.2, 0.25) is 0 Å². The molecule has 0 bridgehead atoms. The molecule has 8 rings (SSSR count). The summed E-state index contributed by atoms with van der Waals surface area (Å²) >= 11 is 2.17. The highest BCUT2D eigenvalue weighted by atomic mass is 127. The zero-order valence-corrected chi connectivity index (χ0v) is 37.7. The number of halogens is 1. The summed E-state index contributed by atoms with van der Waals surface area (Å²) < 4.78 is 1.06. The van der Waals surface area contributed by atoms with Gasteiger partial charge in [-0.1, -0.05) is 85.3 Å². The van der Waals surface area contributed by atoms with Gasteiger partial charge in [0.25, 0.3) is 11.8 Å². The molecule has 0 saturated heterocycles. The number of amides is 2. The minimum Gasteiger partial charge on any atom is -0.508 e. The van der Waals surface area contributed by atoms with Crippen molar-refractivity contribution in [3.63, 3.8) is 0 Å². The van der Waals surface area contributed by atoms with Crippen LogP contribution in [0, 0.1) is 51.4 Å². The van der Waals surface area contributed by atoms with Gasteiger partial charge in [0.1, 0.15) is 23.0 Å². The summed E-state index contributed by atoms with van der Waals surface area (Å²) in [6, 6.07) is 57.0. The lowest BCUT2D eigenvalue weighted by Gasteiger charge is -2.07. The summed E-state index contributed by atoms with van der Waals surface area (Å²) in [5.74, 6) is 19.7. The molecule has 8 aromatic rings. The van der Waals surface area contributed by atoms with Gasteiger partial charge in [0.05, 0.1) is 11.1 Å². The monoisotopic (exact) mass is 1000 g/mol. The molecular weight excluding hydrogens is 960 g/mol. The number of hydrogen-bond acceptors (Lipinski definition) is 6. The van der Waals surface area contributed by atoms with E-state index in [4.69, 9.17) is 6.42 Å². The fourth-order valence-corrected chi connectivity index (χ4v) is 6.10. The fourth-order valence-electron chi connectivity index (χ4n) is 5.74. The zero-order chi connectivity index (χ0) is 47.4. The predicted molar refractivity (Wildman–Crippen MR) is 279 cm³/mol. The van der Waals surface area contributed by atoms with Gasteiger partial charge in [-0.3, -0.25) is 9.59 Å². The van der Waals surface area contributed by atoms with Crippen molar-refractivity contribution in [2.75, 3.05) is 10.6 Å². The third-order valence-electron chi connectivity index (χ3n) is 9.23. The van der Waals surface area contributed by atoms with Gasteiger partial charge in [-0.05, 0) is 180 Å². The molecule has 0 aliphatic heterocycles. The van der Waals surface area contributed by atoms with Crippen molar-refractivity contribution in [1.82, 2.24) is 0 Å². The first-order chi connectivity index (χ1) is 32.5. The largest absolute Gasteiger partial charge is 0.508 e. The lowest BCUT2D eigenvalue weighted by Crippen LogP contribution is -2.11. The molecule has 0 aliphatic rings. The first-order valence-corrected chi connectivity index (χ1v) is 21.4. The smallest absolute Gasteiger partial charge is 0.259 e. The highest BCUT2D eigenvalue weighted by Gasteiger charge is 2.13. The van der Waals surface area contributed by atoms with Crippen LogP contribution in [0.25, 0.3) is 0 Å². The molecule has 9 heteroatoms. The first-order valence-electron chi connectivity index (χ1n) is 20.4. The average Bonchev–Trinajstić information content (AvgIpc) is 3.36. The SMILES string of the molecule is C.C#Cc1ccc(C#Cc2ccccc2)cc1.O=C(Nc1ccc(C#Cc2ccc(C#Cc3ccccc3)cc2)cc1)c1cc(O)ccc1O.O=C(Nc1ccc(I)cc1)c1cc(O)ccc1O. The molecular formula is C59H43IN2O6. The third kappa shape index (κ3) is 15.8. The number of carbonyl (C=O) groups is 2. The van der Waals surface area contributed by atoms with E-state index in [9.17, 15) is 30.0 Å². The van der Waals surface area contributed by atoms with Crippen molar-refractivity contribution < 1.29 is 30.0 Å². The number of phenolic OH excluding ortho intramolecular Hbond substituents is 4. The second-order valence-corrected chi connectivity index (χ2v) is 15.4. The summed E-state index contributed by atoms with van der Waals surface area (Å²) in [6.07, 6.45) is 5.28.